The molecule has 2 nitrogen and oxygen atoms in total. The molecule has 2 rings (SSSR count). The van der Waals surface area contributed by atoms with E-state index in [4.69, 9.17) is 5.84 Å². The minimum Gasteiger partial charge on any atom is -0.271 e. The van der Waals surface area contributed by atoms with Gasteiger partial charge in [-0.25, -0.2) is 0 Å². The Balaban J connectivity index is 0.000000500. The van der Waals surface area contributed by atoms with Gasteiger partial charge < -0.3 is 0 Å². The molecule has 0 heterocycles. The highest BCUT2D eigenvalue weighted by molar-refractivity contribution is 5.85. The van der Waals surface area contributed by atoms with Crippen molar-refractivity contribution in [3.63, 3.8) is 0 Å². The molecular weight excluding hydrogens is 148 g/mol. The molecule has 60 valence electrons. The highest BCUT2D eigenvalue weighted by Crippen LogP contribution is 2.43. The second-order valence-corrected chi connectivity index (χ2v) is 3.45. The second-order valence-electron chi connectivity index (χ2n) is 3.45. The van der Waals surface area contributed by atoms with Crippen LogP contribution in [0, 0.1) is 11.8 Å². The van der Waals surface area contributed by atoms with Gasteiger partial charge in [0.1, 0.15) is 0 Å². The lowest BCUT2D eigenvalue weighted by Crippen LogP contribution is -2.38. The maximum atomic E-state index is 5.37. The smallest absolute Gasteiger partial charge is 0.0241 e. The summed E-state index contributed by atoms with van der Waals surface area (Å²) in [5, 5.41) is 0. The van der Waals surface area contributed by atoms with Crippen LogP contribution in [0.25, 0.3) is 0 Å². The highest BCUT2D eigenvalue weighted by atomic mass is 35.5. The summed E-state index contributed by atoms with van der Waals surface area (Å²) < 4.78 is 0. The quantitative estimate of drug-likeness (QED) is 0.447. The summed E-state index contributed by atoms with van der Waals surface area (Å²) in [7, 11) is 0. The standard InChI is InChI=1S/C7H14N2.ClH/c8-9-7-4-5-1-2-6(7)3-5;/h5-7,9H,1-4,8H2;1H. The van der Waals surface area contributed by atoms with Crippen LogP contribution >= 0.6 is 12.4 Å². The van der Waals surface area contributed by atoms with Crippen LogP contribution in [0.2, 0.25) is 0 Å². The molecule has 3 atom stereocenters. The third kappa shape index (κ3) is 1.16. The minimum atomic E-state index is 0. The molecule has 0 spiro atoms. The maximum Gasteiger partial charge on any atom is 0.0241 e. The van der Waals surface area contributed by atoms with Gasteiger partial charge in [-0.1, -0.05) is 6.42 Å². The van der Waals surface area contributed by atoms with Crippen molar-refractivity contribution in [2.45, 2.75) is 31.7 Å². The first kappa shape index (κ1) is 8.31. The summed E-state index contributed by atoms with van der Waals surface area (Å²) in [6.45, 7) is 0. The Kier molecular flexibility index (Phi) is 2.55. The van der Waals surface area contributed by atoms with Crippen LogP contribution < -0.4 is 11.3 Å². The van der Waals surface area contributed by atoms with Crippen molar-refractivity contribution in [2.75, 3.05) is 0 Å². The van der Waals surface area contributed by atoms with Gasteiger partial charge in [0, 0.05) is 6.04 Å². The predicted molar refractivity (Wildman–Crippen MR) is 43.8 cm³/mol. The third-order valence-electron chi connectivity index (χ3n) is 2.95. The Hall–Kier alpha value is 0.210. The Morgan fingerprint density at radius 3 is 2.30 bits per heavy atom. The van der Waals surface area contributed by atoms with Crippen molar-refractivity contribution >= 4 is 12.4 Å². The molecule has 2 bridgehead atoms. The number of hydrogen-bond acceptors (Lipinski definition) is 2. The zero-order valence-corrected chi connectivity index (χ0v) is 6.86. The van der Waals surface area contributed by atoms with E-state index in [9.17, 15) is 0 Å². The van der Waals surface area contributed by atoms with E-state index in [0.29, 0.717) is 6.04 Å². The van der Waals surface area contributed by atoms with E-state index in [1.54, 1.807) is 0 Å². The first-order chi connectivity index (χ1) is 4.40. The average molecular weight is 163 g/mol. The molecule has 0 aromatic rings. The van der Waals surface area contributed by atoms with Gasteiger partial charge >= 0.3 is 0 Å². The number of nitrogens with one attached hydrogen (secondary N) is 1. The van der Waals surface area contributed by atoms with Gasteiger partial charge in [0.25, 0.3) is 0 Å². The molecular formula is C7H15ClN2. The van der Waals surface area contributed by atoms with Gasteiger partial charge in [-0.15, -0.1) is 12.4 Å². The Morgan fingerprint density at radius 1 is 1.20 bits per heavy atom. The van der Waals surface area contributed by atoms with Gasteiger partial charge in [-0.05, 0) is 31.1 Å². The average Bonchev–Trinajstić information content (AvgIpc) is 2.45. The van der Waals surface area contributed by atoms with Crippen molar-refractivity contribution in [1.82, 2.24) is 5.43 Å². The molecule has 10 heavy (non-hydrogen) atoms. The summed E-state index contributed by atoms with van der Waals surface area (Å²) in [5.74, 6) is 7.30. The van der Waals surface area contributed by atoms with Crippen LogP contribution in [0.1, 0.15) is 25.7 Å². The topological polar surface area (TPSA) is 38.0 Å². The predicted octanol–water partition coefficient (Wildman–Crippen LogP) is 1.06. The van der Waals surface area contributed by atoms with Crippen LogP contribution in [-0.2, 0) is 0 Å². The Bertz CT molecular complexity index is 118. The first-order valence-electron chi connectivity index (χ1n) is 3.86. The fourth-order valence-corrected chi connectivity index (χ4v) is 2.45. The number of rotatable bonds is 1. The molecule has 2 aliphatic carbocycles. The van der Waals surface area contributed by atoms with E-state index >= 15 is 0 Å². The molecule has 3 unspecified atom stereocenters. The maximum absolute atomic E-state index is 5.37. The van der Waals surface area contributed by atoms with Gasteiger partial charge in [-0.2, -0.15) is 0 Å². The molecule has 0 amide bonds. The fraction of sp³-hybridized carbons (Fsp3) is 1.00. The lowest BCUT2D eigenvalue weighted by Gasteiger charge is -2.19. The summed E-state index contributed by atoms with van der Waals surface area (Å²) in [6.07, 6.45) is 5.65. The summed E-state index contributed by atoms with van der Waals surface area (Å²) in [4.78, 5) is 0. The van der Waals surface area contributed by atoms with Crippen LogP contribution in [0.15, 0.2) is 0 Å². The van der Waals surface area contributed by atoms with Crippen LogP contribution in [0.3, 0.4) is 0 Å². The second kappa shape index (κ2) is 3.07. The third-order valence-corrected chi connectivity index (χ3v) is 2.95. The minimum absolute atomic E-state index is 0. The molecule has 0 saturated heterocycles. The lowest BCUT2D eigenvalue weighted by molar-refractivity contribution is 0.357. The van der Waals surface area contributed by atoms with Gasteiger partial charge in [0.05, 0.1) is 0 Å². The van der Waals surface area contributed by atoms with Crippen molar-refractivity contribution in [3.8, 4) is 0 Å². The Morgan fingerprint density at radius 2 is 2.00 bits per heavy atom. The van der Waals surface area contributed by atoms with E-state index in [1.165, 1.54) is 25.7 Å². The van der Waals surface area contributed by atoms with E-state index in [-0.39, 0.29) is 12.4 Å². The fourth-order valence-electron chi connectivity index (χ4n) is 2.45. The number of nitrogens with two attached hydrogens (primary N) is 1. The van der Waals surface area contributed by atoms with Crippen molar-refractivity contribution in [1.29, 1.82) is 0 Å². The molecule has 3 N–H and O–H groups in total. The normalized spacial score (nSPS) is 43.5. The SMILES string of the molecule is Cl.NNC1CC2CCC1C2. The van der Waals surface area contributed by atoms with E-state index < -0.39 is 0 Å². The monoisotopic (exact) mass is 162 g/mol. The van der Waals surface area contributed by atoms with E-state index in [0.717, 1.165) is 11.8 Å². The van der Waals surface area contributed by atoms with Gasteiger partial charge in [0.2, 0.25) is 0 Å². The summed E-state index contributed by atoms with van der Waals surface area (Å²) >= 11 is 0. The van der Waals surface area contributed by atoms with Crippen LogP contribution in [-0.4, -0.2) is 6.04 Å². The summed E-state index contributed by atoms with van der Waals surface area (Å²) in [6, 6.07) is 0.656. The van der Waals surface area contributed by atoms with E-state index in [2.05, 4.69) is 5.43 Å². The molecule has 3 heteroatoms. The summed E-state index contributed by atoms with van der Waals surface area (Å²) in [5.41, 5.74) is 2.90. The molecule has 2 aliphatic rings. The van der Waals surface area contributed by atoms with Crippen molar-refractivity contribution in [3.05, 3.63) is 0 Å². The Labute approximate surface area is 67.9 Å². The lowest BCUT2D eigenvalue weighted by atomic mass is 9.96. The number of halogens is 1. The first-order valence-corrected chi connectivity index (χ1v) is 3.86. The number of hydrogen-bond donors (Lipinski definition) is 2. The zero-order valence-electron chi connectivity index (χ0n) is 6.05. The largest absolute Gasteiger partial charge is 0.271 e. The van der Waals surface area contributed by atoms with Crippen molar-refractivity contribution < 1.29 is 0 Å². The van der Waals surface area contributed by atoms with Crippen molar-refractivity contribution in [2.24, 2.45) is 17.7 Å². The molecule has 2 saturated carbocycles. The number of fused-ring (bicyclic) bond motifs is 2. The molecule has 0 aliphatic heterocycles. The van der Waals surface area contributed by atoms with Gasteiger partial charge in [-0.3, -0.25) is 11.3 Å². The van der Waals surface area contributed by atoms with Gasteiger partial charge in [0.15, 0.2) is 0 Å². The molecule has 2 fully saturated rings. The number of hydrazine groups is 1. The van der Waals surface area contributed by atoms with E-state index in [1.807, 2.05) is 0 Å². The van der Waals surface area contributed by atoms with Crippen LogP contribution in [0.4, 0.5) is 0 Å². The van der Waals surface area contributed by atoms with Crippen LogP contribution in [0.5, 0.6) is 0 Å². The molecule has 0 aromatic heterocycles. The zero-order chi connectivity index (χ0) is 6.27. The molecule has 0 radical (unpaired) electrons. The molecule has 0 aromatic carbocycles. The highest BCUT2D eigenvalue weighted by Gasteiger charge is 2.38.